The van der Waals surface area contributed by atoms with E-state index in [0.29, 0.717) is 5.75 Å². The Morgan fingerprint density at radius 2 is 1.89 bits per heavy atom. The highest BCUT2D eigenvalue weighted by Gasteiger charge is 2.16. The van der Waals surface area contributed by atoms with E-state index in [1.807, 2.05) is 42.5 Å². The maximum Gasteiger partial charge on any atom is 0.171 e. The molecule has 1 heterocycles. The summed E-state index contributed by atoms with van der Waals surface area (Å²) in [4.78, 5) is 0. The largest absolute Gasteiger partial charge is 0.382 e. The van der Waals surface area contributed by atoms with E-state index in [1.54, 1.807) is 0 Å². The molecule has 6 heteroatoms. The van der Waals surface area contributed by atoms with Crippen LogP contribution in [0, 0.1) is 22.7 Å². The molecule has 0 spiro atoms. The Balaban J connectivity index is 2.34. The molecule has 0 amide bonds. The van der Waals surface area contributed by atoms with Gasteiger partial charge in [0.15, 0.2) is 11.5 Å². The van der Waals surface area contributed by atoms with Gasteiger partial charge in [-0.3, -0.25) is 0 Å². The third-order valence-corrected chi connectivity index (χ3v) is 3.64. The molecule has 0 aromatic heterocycles. The third kappa shape index (κ3) is 2.45. The molecule has 0 saturated carbocycles. The molecule has 1 aliphatic rings. The summed E-state index contributed by atoms with van der Waals surface area (Å²) in [6.07, 6.45) is 0. The summed E-state index contributed by atoms with van der Waals surface area (Å²) in [5.41, 5.74) is 6.87. The van der Waals surface area contributed by atoms with Crippen molar-refractivity contribution in [2.75, 3.05) is 0 Å². The number of nitrogens with zero attached hydrogens (tertiary/aromatic N) is 4. The minimum atomic E-state index is -0.721. The predicted octanol–water partition coefficient (Wildman–Crippen LogP) is 1.58. The van der Waals surface area contributed by atoms with Gasteiger partial charge in [-0.15, -0.1) is 0 Å². The van der Waals surface area contributed by atoms with Gasteiger partial charge in [0.25, 0.3) is 0 Å². The Bertz CT molecular complexity index is 643. The van der Waals surface area contributed by atoms with E-state index < -0.39 is 10.9 Å². The molecule has 1 aromatic rings. The third-order valence-electron chi connectivity index (χ3n) is 2.25. The minimum absolute atomic E-state index is 0.0642. The molecule has 2 N–H and O–H groups in total. The molecule has 1 aliphatic heterocycles. The van der Waals surface area contributed by atoms with Crippen LogP contribution in [-0.4, -0.2) is 5.84 Å². The van der Waals surface area contributed by atoms with Gasteiger partial charge in [0.05, 0.1) is 5.75 Å². The zero-order chi connectivity index (χ0) is 13.0. The van der Waals surface area contributed by atoms with Gasteiger partial charge >= 0.3 is 0 Å². The van der Waals surface area contributed by atoms with Crippen LogP contribution in [0.4, 0.5) is 0 Å². The fourth-order valence-electron chi connectivity index (χ4n) is 1.43. The number of hydrogen-bond acceptors (Lipinski definition) is 5. The molecular formula is C12H9N5S. The van der Waals surface area contributed by atoms with Gasteiger partial charge in [-0.05, 0) is 5.56 Å². The Labute approximate surface area is 107 Å². The molecule has 5 nitrogen and oxygen atoms in total. The monoisotopic (exact) mass is 255 g/mol. The molecule has 2 rings (SSSR count). The van der Waals surface area contributed by atoms with E-state index in [2.05, 4.69) is 8.76 Å². The molecule has 1 unspecified atom stereocenters. The second-order valence-electron chi connectivity index (χ2n) is 3.48. The van der Waals surface area contributed by atoms with Crippen LogP contribution in [0.5, 0.6) is 0 Å². The second kappa shape index (κ2) is 5.26. The number of nitrogens with two attached hydrogens (primary N) is 1. The average molecular weight is 255 g/mol. The molecule has 1 aromatic carbocycles. The quantitative estimate of drug-likeness (QED) is 0.868. The normalized spacial score (nSPS) is 18.3. The molecule has 0 saturated heterocycles. The van der Waals surface area contributed by atoms with E-state index in [-0.39, 0.29) is 17.1 Å². The zero-order valence-corrected chi connectivity index (χ0v) is 10.2. The van der Waals surface area contributed by atoms with Crippen molar-refractivity contribution in [2.45, 2.75) is 5.75 Å². The number of hydrogen-bond donors (Lipinski definition) is 1. The lowest BCUT2D eigenvalue weighted by molar-refractivity contribution is 1.31. The SMILES string of the molecule is N#CC1=C(C#N)C(N)=NS(Cc2ccccc2)=N1. The number of amidine groups is 1. The van der Waals surface area contributed by atoms with Crippen molar-refractivity contribution in [1.29, 1.82) is 10.5 Å². The highest BCUT2D eigenvalue weighted by atomic mass is 32.2. The van der Waals surface area contributed by atoms with Crippen molar-refractivity contribution in [2.24, 2.45) is 14.5 Å². The van der Waals surface area contributed by atoms with Gasteiger partial charge in [-0.1, -0.05) is 30.3 Å². The van der Waals surface area contributed by atoms with Crippen LogP contribution in [0.1, 0.15) is 5.56 Å². The first-order valence-corrected chi connectivity index (χ1v) is 6.41. The van der Waals surface area contributed by atoms with Crippen LogP contribution in [0.15, 0.2) is 50.4 Å². The van der Waals surface area contributed by atoms with Crippen molar-refractivity contribution in [3.63, 3.8) is 0 Å². The van der Waals surface area contributed by atoms with Crippen LogP contribution in [0.25, 0.3) is 0 Å². The fourth-order valence-corrected chi connectivity index (χ4v) is 2.75. The lowest BCUT2D eigenvalue weighted by atomic mass is 10.2. The molecule has 0 radical (unpaired) electrons. The molecule has 0 fully saturated rings. The van der Waals surface area contributed by atoms with E-state index in [4.69, 9.17) is 16.3 Å². The summed E-state index contributed by atoms with van der Waals surface area (Å²) in [6, 6.07) is 13.4. The Kier molecular flexibility index (Phi) is 3.52. The number of rotatable bonds is 2. The lowest BCUT2D eigenvalue weighted by Gasteiger charge is -2.09. The lowest BCUT2D eigenvalue weighted by Crippen LogP contribution is -2.19. The predicted molar refractivity (Wildman–Crippen MR) is 69.8 cm³/mol. The second-order valence-corrected chi connectivity index (χ2v) is 4.82. The van der Waals surface area contributed by atoms with Crippen LogP contribution >= 0.6 is 0 Å². The molecule has 1 atom stereocenters. The summed E-state index contributed by atoms with van der Waals surface area (Å²) in [5.74, 6) is 0.689. The van der Waals surface area contributed by atoms with Crippen LogP contribution in [0.3, 0.4) is 0 Å². The van der Waals surface area contributed by atoms with Gasteiger partial charge < -0.3 is 5.73 Å². The van der Waals surface area contributed by atoms with E-state index in [1.165, 1.54) is 0 Å². The number of benzene rings is 1. The summed E-state index contributed by atoms with van der Waals surface area (Å²) < 4.78 is 8.31. The first kappa shape index (κ1) is 12.0. The van der Waals surface area contributed by atoms with Gasteiger partial charge in [-0.2, -0.15) is 19.3 Å². The number of allylic oxidation sites excluding steroid dienone is 1. The molecule has 88 valence electrons. The molecule has 0 aliphatic carbocycles. The molecule has 18 heavy (non-hydrogen) atoms. The maximum atomic E-state index is 8.94. The highest BCUT2D eigenvalue weighted by Crippen LogP contribution is 2.16. The van der Waals surface area contributed by atoms with Crippen LogP contribution < -0.4 is 5.73 Å². The van der Waals surface area contributed by atoms with Gasteiger partial charge in [0.1, 0.15) is 17.7 Å². The van der Waals surface area contributed by atoms with Crippen LogP contribution in [0.2, 0.25) is 0 Å². The van der Waals surface area contributed by atoms with Crippen molar-refractivity contribution >= 4 is 16.7 Å². The Morgan fingerprint density at radius 3 is 2.50 bits per heavy atom. The molecular weight excluding hydrogens is 246 g/mol. The van der Waals surface area contributed by atoms with Crippen molar-refractivity contribution in [3.8, 4) is 12.1 Å². The smallest absolute Gasteiger partial charge is 0.171 e. The summed E-state index contributed by atoms with van der Waals surface area (Å²) in [5, 5.41) is 17.8. The zero-order valence-electron chi connectivity index (χ0n) is 9.37. The number of nitriles is 2. The maximum absolute atomic E-state index is 8.94. The van der Waals surface area contributed by atoms with Crippen LogP contribution in [-0.2, 0) is 16.6 Å². The first-order valence-electron chi connectivity index (χ1n) is 5.10. The standard InChI is InChI=1S/C12H9N5S/c13-6-10-11(7-14)16-18(17-12(10)15)8-9-4-2-1-3-5-9/h1-5H,8H2,(H2,15,16,17). The van der Waals surface area contributed by atoms with Crippen molar-refractivity contribution in [3.05, 3.63) is 47.2 Å². The summed E-state index contributed by atoms with van der Waals surface area (Å²) in [7, 11) is -0.721. The summed E-state index contributed by atoms with van der Waals surface area (Å²) >= 11 is 0. The van der Waals surface area contributed by atoms with Gasteiger partial charge in [-0.25, -0.2) is 0 Å². The van der Waals surface area contributed by atoms with E-state index in [0.717, 1.165) is 5.56 Å². The van der Waals surface area contributed by atoms with Crippen molar-refractivity contribution in [1.82, 2.24) is 0 Å². The summed E-state index contributed by atoms with van der Waals surface area (Å²) in [6.45, 7) is 0. The Morgan fingerprint density at radius 1 is 1.17 bits per heavy atom. The first-order chi connectivity index (χ1) is 8.74. The fraction of sp³-hybridized carbons (Fsp3) is 0.0833. The minimum Gasteiger partial charge on any atom is -0.382 e. The van der Waals surface area contributed by atoms with E-state index in [9.17, 15) is 0 Å². The average Bonchev–Trinajstić information content (AvgIpc) is 2.39. The van der Waals surface area contributed by atoms with Crippen molar-refractivity contribution < 1.29 is 0 Å². The Hall–Kier alpha value is -2.44. The highest BCUT2D eigenvalue weighted by molar-refractivity contribution is 7.85. The van der Waals surface area contributed by atoms with E-state index >= 15 is 0 Å². The van der Waals surface area contributed by atoms with Gasteiger partial charge in [0, 0.05) is 10.9 Å². The molecule has 0 bridgehead atoms. The van der Waals surface area contributed by atoms with Gasteiger partial charge in [0.2, 0.25) is 0 Å². The topological polar surface area (TPSA) is 98.3 Å².